The molecule has 1 N–H and O–H groups in total. The number of fused-ring (bicyclic) bond motifs is 3. The van der Waals surface area contributed by atoms with E-state index in [2.05, 4.69) is 53.5 Å². The first-order valence-electron chi connectivity index (χ1n) is 7.35. The van der Waals surface area contributed by atoms with Crippen molar-refractivity contribution in [3.8, 4) is 11.4 Å². The van der Waals surface area contributed by atoms with Crippen molar-refractivity contribution in [3.63, 3.8) is 0 Å². The zero-order valence-corrected chi connectivity index (χ0v) is 12.3. The minimum atomic E-state index is 0.923. The van der Waals surface area contributed by atoms with Gasteiger partial charge in [0.05, 0.1) is 11.0 Å². The van der Waals surface area contributed by atoms with Crippen LogP contribution in [0.2, 0.25) is 0 Å². The van der Waals surface area contributed by atoms with Crippen LogP contribution in [-0.2, 0) is 0 Å². The van der Waals surface area contributed by atoms with Crippen LogP contribution in [0.1, 0.15) is 13.8 Å². The molecule has 0 aliphatic heterocycles. The molecule has 1 heterocycles. The normalized spacial score (nSPS) is 10.4. The average molecular weight is 274 g/mol. The lowest BCUT2D eigenvalue weighted by Gasteiger charge is -1.96. The number of nitrogens with one attached hydrogen (secondary N) is 1. The molecule has 0 spiro atoms. The molecule has 1 aromatic heterocycles. The summed E-state index contributed by atoms with van der Waals surface area (Å²) in [6.07, 6.45) is 0. The summed E-state index contributed by atoms with van der Waals surface area (Å²) in [6, 6.07) is 22.8. The molecule has 0 radical (unpaired) electrons. The van der Waals surface area contributed by atoms with Crippen LogP contribution >= 0.6 is 0 Å². The standard InChI is InChI=1S/C17H12N2.C2H6/c1-2-7-13(8-3-1)17-18-15-11-10-12-6-4-5-9-14(12)16(15)19-17;1-2/h1-11H,(H,18,19);1-2H3. The number of hydrogen-bond donors (Lipinski definition) is 1. The Morgan fingerprint density at radius 3 is 2.29 bits per heavy atom. The number of aromatic amines is 1. The van der Waals surface area contributed by atoms with Gasteiger partial charge < -0.3 is 4.98 Å². The molecule has 104 valence electrons. The van der Waals surface area contributed by atoms with Gasteiger partial charge in [-0.3, -0.25) is 0 Å². The monoisotopic (exact) mass is 274 g/mol. The first kappa shape index (κ1) is 13.4. The van der Waals surface area contributed by atoms with Crippen LogP contribution in [-0.4, -0.2) is 9.97 Å². The highest BCUT2D eigenvalue weighted by atomic mass is 14.9. The maximum absolute atomic E-state index is 4.76. The van der Waals surface area contributed by atoms with Crippen molar-refractivity contribution in [1.29, 1.82) is 0 Å². The van der Waals surface area contributed by atoms with E-state index < -0.39 is 0 Å². The molecule has 0 atom stereocenters. The van der Waals surface area contributed by atoms with E-state index in [4.69, 9.17) is 4.98 Å². The van der Waals surface area contributed by atoms with Crippen molar-refractivity contribution >= 4 is 21.8 Å². The van der Waals surface area contributed by atoms with Crippen LogP contribution in [0.5, 0.6) is 0 Å². The second-order valence-corrected chi connectivity index (χ2v) is 4.63. The lowest BCUT2D eigenvalue weighted by Crippen LogP contribution is -1.78. The van der Waals surface area contributed by atoms with Gasteiger partial charge in [-0.2, -0.15) is 0 Å². The van der Waals surface area contributed by atoms with Crippen LogP contribution in [0.3, 0.4) is 0 Å². The van der Waals surface area contributed by atoms with E-state index in [0.29, 0.717) is 0 Å². The highest BCUT2D eigenvalue weighted by Gasteiger charge is 2.07. The maximum Gasteiger partial charge on any atom is 0.138 e. The Morgan fingerprint density at radius 1 is 0.762 bits per heavy atom. The number of benzene rings is 3. The minimum absolute atomic E-state index is 0.923. The first-order chi connectivity index (χ1) is 10.4. The van der Waals surface area contributed by atoms with Gasteiger partial charge in [0, 0.05) is 10.9 Å². The molecule has 0 unspecified atom stereocenters. The van der Waals surface area contributed by atoms with Crippen molar-refractivity contribution in [3.05, 3.63) is 66.7 Å². The molecule has 0 saturated carbocycles. The minimum Gasteiger partial charge on any atom is -0.338 e. The molecule has 0 saturated heterocycles. The van der Waals surface area contributed by atoms with Crippen LogP contribution in [0.4, 0.5) is 0 Å². The lowest BCUT2D eigenvalue weighted by molar-refractivity contribution is 1.34. The maximum atomic E-state index is 4.76. The van der Waals surface area contributed by atoms with E-state index >= 15 is 0 Å². The Kier molecular flexibility index (Phi) is 3.69. The summed E-state index contributed by atoms with van der Waals surface area (Å²) < 4.78 is 0. The third-order valence-corrected chi connectivity index (χ3v) is 3.42. The smallest absolute Gasteiger partial charge is 0.138 e. The van der Waals surface area contributed by atoms with Crippen molar-refractivity contribution in [2.75, 3.05) is 0 Å². The van der Waals surface area contributed by atoms with Gasteiger partial charge in [0.1, 0.15) is 5.82 Å². The molecule has 4 rings (SSSR count). The number of hydrogen-bond acceptors (Lipinski definition) is 1. The second-order valence-electron chi connectivity index (χ2n) is 4.63. The van der Waals surface area contributed by atoms with Crippen LogP contribution in [0.25, 0.3) is 33.2 Å². The van der Waals surface area contributed by atoms with Crippen molar-refractivity contribution < 1.29 is 0 Å². The van der Waals surface area contributed by atoms with E-state index in [9.17, 15) is 0 Å². The Balaban J connectivity index is 0.000000636. The number of rotatable bonds is 1. The van der Waals surface area contributed by atoms with Gasteiger partial charge >= 0.3 is 0 Å². The molecule has 0 aliphatic carbocycles. The summed E-state index contributed by atoms with van der Waals surface area (Å²) in [5.74, 6) is 0.923. The highest BCUT2D eigenvalue weighted by Crippen LogP contribution is 2.26. The summed E-state index contributed by atoms with van der Waals surface area (Å²) in [5.41, 5.74) is 3.23. The zero-order chi connectivity index (χ0) is 14.7. The van der Waals surface area contributed by atoms with Gasteiger partial charge in [-0.15, -0.1) is 0 Å². The molecule has 0 amide bonds. The molecule has 21 heavy (non-hydrogen) atoms. The van der Waals surface area contributed by atoms with Crippen LogP contribution in [0, 0.1) is 0 Å². The fourth-order valence-corrected chi connectivity index (χ4v) is 2.48. The molecule has 4 aromatic rings. The molecule has 0 aliphatic rings. The van der Waals surface area contributed by atoms with E-state index in [1.54, 1.807) is 0 Å². The average Bonchev–Trinajstić information content (AvgIpc) is 3.02. The summed E-state index contributed by atoms with van der Waals surface area (Å²) in [5, 5.41) is 2.42. The number of H-pyrrole nitrogens is 1. The van der Waals surface area contributed by atoms with Crippen LogP contribution in [0.15, 0.2) is 66.7 Å². The molecule has 3 aromatic carbocycles. The number of imidazole rings is 1. The van der Waals surface area contributed by atoms with Gasteiger partial charge in [0.25, 0.3) is 0 Å². The summed E-state index contributed by atoms with van der Waals surface area (Å²) in [4.78, 5) is 8.15. The summed E-state index contributed by atoms with van der Waals surface area (Å²) in [7, 11) is 0. The van der Waals surface area contributed by atoms with E-state index in [1.807, 2.05) is 32.0 Å². The predicted molar refractivity (Wildman–Crippen MR) is 90.4 cm³/mol. The van der Waals surface area contributed by atoms with Gasteiger partial charge in [0.2, 0.25) is 0 Å². The Bertz CT molecular complexity index is 860. The lowest BCUT2D eigenvalue weighted by atomic mass is 10.1. The Morgan fingerprint density at radius 2 is 1.48 bits per heavy atom. The van der Waals surface area contributed by atoms with E-state index in [1.165, 1.54) is 10.8 Å². The fraction of sp³-hybridized carbons (Fsp3) is 0.105. The molecule has 0 fully saturated rings. The van der Waals surface area contributed by atoms with E-state index in [-0.39, 0.29) is 0 Å². The topological polar surface area (TPSA) is 28.7 Å². The summed E-state index contributed by atoms with van der Waals surface area (Å²) >= 11 is 0. The van der Waals surface area contributed by atoms with E-state index in [0.717, 1.165) is 22.4 Å². The van der Waals surface area contributed by atoms with Gasteiger partial charge in [-0.05, 0) is 11.5 Å². The van der Waals surface area contributed by atoms with Crippen LogP contribution < -0.4 is 0 Å². The third-order valence-electron chi connectivity index (χ3n) is 3.42. The summed E-state index contributed by atoms with van der Waals surface area (Å²) in [6.45, 7) is 4.00. The third kappa shape index (κ3) is 2.40. The van der Waals surface area contributed by atoms with Gasteiger partial charge in [-0.25, -0.2) is 4.98 Å². The highest BCUT2D eigenvalue weighted by molar-refractivity contribution is 6.04. The Hall–Kier alpha value is -2.61. The van der Waals surface area contributed by atoms with Crippen molar-refractivity contribution in [2.24, 2.45) is 0 Å². The largest absolute Gasteiger partial charge is 0.338 e. The molecule has 2 heteroatoms. The first-order valence-corrected chi connectivity index (χ1v) is 7.35. The van der Waals surface area contributed by atoms with Gasteiger partial charge in [0.15, 0.2) is 0 Å². The molecule has 0 bridgehead atoms. The zero-order valence-electron chi connectivity index (χ0n) is 12.3. The fourth-order valence-electron chi connectivity index (χ4n) is 2.48. The van der Waals surface area contributed by atoms with Crippen molar-refractivity contribution in [2.45, 2.75) is 13.8 Å². The number of nitrogens with zero attached hydrogens (tertiary/aromatic N) is 1. The predicted octanol–water partition coefficient (Wildman–Crippen LogP) is 5.41. The number of aromatic nitrogens is 2. The SMILES string of the molecule is CC.c1ccc(-c2nc3c(ccc4ccccc43)[nH]2)cc1. The second kappa shape index (κ2) is 5.80. The van der Waals surface area contributed by atoms with Crippen molar-refractivity contribution in [1.82, 2.24) is 9.97 Å². The molecular weight excluding hydrogens is 256 g/mol. The Labute approximate surface area is 124 Å². The molecule has 2 nitrogen and oxygen atoms in total. The molecular formula is C19H18N2. The van der Waals surface area contributed by atoms with Gasteiger partial charge in [-0.1, -0.05) is 74.5 Å². The quantitative estimate of drug-likeness (QED) is 0.494.